The van der Waals surface area contributed by atoms with Crippen LogP contribution in [0.4, 0.5) is 23.2 Å². The third-order valence-electron chi connectivity index (χ3n) is 4.62. The van der Waals surface area contributed by atoms with E-state index in [1.54, 1.807) is 0 Å². The van der Waals surface area contributed by atoms with E-state index in [1.165, 1.54) is 42.5 Å². The van der Waals surface area contributed by atoms with Crippen molar-refractivity contribution in [2.45, 2.75) is 6.18 Å². The minimum Gasteiger partial charge on any atom is -0.478 e. The van der Waals surface area contributed by atoms with Crippen molar-refractivity contribution in [2.24, 2.45) is 0 Å². The van der Waals surface area contributed by atoms with Gasteiger partial charge in [0.1, 0.15) is 17.3 Å². The van der Waals surface area contributed by atoms with E-state index in [9.17, 15) is 27.2 Å². The molecule has 3 aromatic rings. The van der Waals surface area contributed by atoms with E-state index < -0.39 is 35.0 Å². The van der Waals surface area contributed by atoms with Crippen molar-refractivity contribution < 1.29 is 36.7 Å². The van der Waals surface area contributed by atoms with E-state index in [-0.39, 0.29) is 32.0 Å². The molecule has 1 N–H and O–H groups in total. The van der Waals surface area contributed by atoms with Crippen LogP contribution in [0.3, 0.4) is 0 Å². The zero-order valence-corrected chi connectivity index (χ0v) is 17.9. The summed E-state index contributed by atoms with van der Waals surface area (Å²) in [5.74, 6) is -2.85. The van der Waals surface area contributed by atoms with Gasteiger partial charge >= 0.3 is 12.1 Å². The molecule has 1 aliphatic rings. The summed E-state index contributed by atoms with van der Waals surface area (Å²) in [5, 5.41) is 9.07. The number of aromatic carboxylic acids is 1. The Morgan fingerprint density at radius 1 is 1.12 bits per heavy atom. The maximum Gasteiger partial charge on any atom is 0.416 e. The molecule has 0 bridgehead atoms. The van der Waals surface area contributed by atoms with Crippen LogP contribution in [0.15, 0.2) is 63.9 Å². The SMILES string of the molecule is O=C(O)c1cccc(-c2ccc(/C=C3\SC(=S)N(c4cccc(C(F)(F)F)c4)C3=O)o2)c1F. The molecule has 0 saturated carbocycles. The molecule has 0 spiro atoms. The van der Waals surface area contributed by atoms with E-state index in [1.807, 2.05) is 0 Å². The molecule has 1 aliphatic heterocycles. The average Bonchev–Trinajstić information content (AvgIpc) is 3.31. The molecule has 0 unspecified atom stereocenters. The van der Waals surface area contributed by atoms with Crippen molar-refractivity contribution in [3.8, 4) is 11.3 Å². The summed E-state index contributed by atoms with van der Waals surface area (Å²) in [7, 11) is 0. The molecule has 0 atom stereocenters. The normalized spacial score (nSPS) is 15.5. The number of halogens is 4. The van der Waals surface area contributed by atoms with Crippen molar-refractivity contribution in [2.75, 3.05) is 4.90 Å². The summed E-state index contributed by atoms with van der Waals surface area (Å²) in [6.07, 6.45) is -3.25. The largest absolute Gasteiger partial charge is 0.478 e. The predicted molar refractivity (Wildman–Crippen MR) is 118 cm³/mol. The van der Waals surface area contributed by atoms with Crippen LogP contribution in [0.5, 0.6) is 0 Å². The highest BCUT2D eigenvalue weighted by atomic mass is 32.2. The van der Waals surface area contributed by atoms with Gasteiger partial charge in [-0.25, -0.2) is 9.18 Å². The number of thiocarbonyl (C=S) groups is 1. The number of hydrogen-bond donors (Lipinski definition) is 1. The second-order valence-electron chi connectivity index (χ2n) is 6.74. The molecular weight excluding hydrogens is 482 g/mol. The van der Waals surface area contributed by atoms with Crippen LogP contribution in [0.25, 0.3) is 17.4 Å². The highest BCUT2D eigenvalue weighted by molar-refractivity contribution is 8.27. The van der Waals surface area contributed by atoms with Gasteiger partial charge in [0.05, 0.1) is 27.3 Å². The summed E-state index contributed by atoms with van der Waals surface area (Å²) in [6, 6.07) is 10.9. The number of carbonyl (C=O) groups is 2. The Morgan fingerprint density at radius 3 is 2.55 bits per heavy atom. The van der Waals surface area contributed by atoms with Gasteiger partial charge in [0.25, 0.3) is 5.91 Å². The number of rotatable bonds is 4. The number of carbonyl (C=O) groups excluding carboxylic acids is 1. The molecule has 0 radical (unpaired) electrons. The Morgan fingerprint density at radius 2 is 1.85 bits per heavy atom. The van der Waals surface area contributed by atoms with E-state index >= 15 is 0 Å². The lowest BCUT2D eigenvalue weighted by Gasteiger charge is -2.16. The van der Waals surface area contributed by atoms with Crippen LogP contribution in [0, 0.1) is 5.82 Å². The van der Waals surface area contributed by atoms with Crippen molar-refractivity contribution in [1.29, 1.82) is 0 Å². The highest BCUT2D eigenvalue weighted by Gasteiger charge is 2.36. The first-order valence-corrected chi connectivity index (χ1v) is 10.4. The number of hydrogen-bond acceptors (Lipinski definition) is 5. The van der Waals surface area contributed by atoms with Gasteiger partial charge in [-0.05, 0) is 42.5 Å². The maximum absolute atomic E-state index is 14.5. The van der Waals surface area contributed by atoms with Crippen LogP contribution >= 0.6 is 24.0 Å². The summed E-state index contributed by atoms with van der Waals surface area (Å²) in [6.45, 7) is 0. The van der Waals surface area contributed by atoms with Crippen LogP contribution in [0.2, 0.25) is 0 Å². The van der Waals surface area contributed by atoms with Gasteiger partial charge in [0, 0.05) is 6.08 Å². The van der Waals surface area contributed by atoms with E-state index in [0.717, 1.165) is 34.9 Å². The lowest BCUT2D eigenvalue weighted by Crippen LogP contribution is -2.27. The van der Waals surface area contributed by atoms with Crippen LogP contribution in [-0.4, -0.2) is 21.3 Å². The maximum atomic E-state index is 14.5. The fourth-order valence-corrected chi connectivity index (χ4v) is 4.38. The lowest BCUT2D eigenvalue weighted by molar-refractivity contribution is -0.137. The number of furan rings is 1. The molecule has 33 heavy (non-hydrogen) atoms. The third kappa shape index (κ3) is 4.41. The first-order valence-electron chi connectivity index (χ1n) is 9.13. The van der Waals surface area contributed by atoms with E-state index in [0.29, 0.717) is 0 Å². The second-order valence-corrected chi connectivity index (χ2v) is 8.42. The Bertz CT molecular complexity index is 1330. The lowest BCUT2D eigenvalue weighted by atomic mass is 10.1. The smallest absolute Gasteiger partial charge is 0.416 e. The Balaban J connectivity index is 1.63. The van der Waals surface area contributed by atoms with Gasteiger partial charge in [-0.1, -0.05) is 36.1 Å². The van der Waals surface area contributed by atoms with Crippen molar-refractivity contribution in [1.82, 2.24) is 0 Å². The average molecular weight is 493 g/mol. The molecule has 1 fully saturated rings. The summed E-state index contributed by atoms with van der Waals surface area (Å²) >= 11 is 6.05. The molecule has 5 nitrogen and oxygen atoms in total. The number of alkyl halides is 3. The van der Waals surface area contributed by atoms with E-state index in [2.05, 4.69) is 0 Å². The molecule has 11 heteroatoms. The number of carboxylic acids is 1. The molecule has 2 heterocycles. The number of benzene rings is 2. The molecule has 1 amide bonds. The molecule has 1 saturated heterocycles. The van der Waals surface area contributed by atoms with Gasteiger partial charge in [0.2, 0.25) is 0 Å². The quantitative estimate of drug-likeness (QED) is 0.265. The van der Waals surface area contributed by atoms with Crippen LogP contribution in [0.1, 0.15) is 21.7 Å². The second kappa shape index (κ2) is 8.49. The van der Waals surface area contributed by atoms with Crippen molar-refractivity contribution >= 4 is 51.9 Å². The topological polar surface area (TPSA) is 70.8 Å². The van der Waals surface area contributed by atoms with Gasteiger partial charge in [0.15, 0.2) is 4.32 Å². The van der Waals surface area contributed by atoms with Crippen molar-refractivity contribution in [3.05, 3.63) is 82.2 Å². The number of amides is 1. The minimum atomic E-state index is -4.58. The zero-order valence-electron chi connectivity index (χ0n) is 16.2. The standard InChI is InChI=1S/C22H11F4NO4S2/c23-18-14(5-2-6-15(18)20(29)30)16-8-7-13(31-16)10-17-19(28)27(21(32)33-17)12-4-1-3-11(9-12)22(24,25)26/h1-10H,(H,29,30)/b17-10-. The monoisotopic (exact) mass is 493 g/mol. The Labute approximate surface area is 193 Å². The number of carboxylic acid groups (broad SMARTS) is 1. The zero-order chi connectivity index (χ0) is 23.9. The summed E-state index contributed by atoms with van der Waals surface area (Å²) < 4.78 is 59.1. The predicted octanol–water partition coefficient (Wildman–Crippen LogP) is 6.21. The third-order valence-corrected chi connectivity index (χ3v) is 5.92. The van der Waals surface area contributed by atoms with Crippen LogP contribution < -0.4 is 4.90 Å². The Hall–Kier alpha value is -3.44. The van der Waals surface area contributed by atoms with Gasteiger partial charge in [-0.2, -0.15) is 13.2 Å². The molecule has 1 aromatic heterocycles. The summed E-state index contributed by atoms with van der Waals surface area (Å²) in [4.78, 5) is 25.0. The fraction of sp³-hybridized carbons (Fsp3) is 0.0455. The molecule has 168 valence electrons. The number of thioether (sulfide) groups is 1. The van der Waals surface area contributed by atoms with Gasteiger partial charge in [-0.15, -0.1) is 0 Å². The first-order chi connectivity index (χ1) is 15.6. The van der Waals surface area contributed by atoms with Crippen LogP contribution in [-0.2, 0) is 11.0 Å². The molecule has 2 aromatic carbocycles. The first kappa shape index (κ1) is 22.7. The van der Waals surface area contributed by atoms with E-state index in [4.69, 9.17) is 21.7 Å². The highest BCUT2D eigenvalue weighted by Crippen LogP contribution is 2.39. The summed E-state index contributed by atoms with van der Waals surface area (Å²) in [5.41, 5.74) is -1.54. The van der Waals surface area contributed by atoms with Crippen molar-refractivity contribution in [3.63, 3.8) is 0 Å². The van der Waals surface area contributed by atoms with Gasteiger partial charge in [-0.3, -0.25) is 9.69 Å². The number of anilines is 1. The molecule has 0 aliphatic carbocycles. The molecular formula is C22H11F4NO4S2. The number of nitrogens with zero attached hydrogens (tertiary/aromatic N) is 1. The minimum absolute atomic E-state index is 0.0246. The Kier molecular flexibility index (Phi) is 5.85. The van der Waals surface area contributed by atoms with Gasteiger partial charge < -0.3 is 9.52 Å². The molecule has 4 rings (SSSR count). The fourth-order valence-electron chi connectivity index (χ4n) is 3.10.